The van der Waals surface area contributed by atoms with Gasteiger partial charge in [0.15, 0.2) is 0 Å². The normalized spacial score (nSPS) is 21.0. The first kappa shape index (κ1) is 11.3. The van der Waals surface area contributed by atoms with E-state index in [1.165, 1.54) is 0 Å². The second-order valence-electron chi connectivity index (χ2n) is 1.73. The summed E-state index contributed by atoms with van der Waals surface area (Å²) in [5.74, 6) is 0. The van der Waals surface area contributed by atoms with E-state index in [4.69, 9.17) is 24.4 Å². The van der Waals surface area contributed by atoms with E-state index in [1.54, 1.807) is 41.2 Å². The molecule has 0 amide bonds. The Morgan fingerprint density at radius 1 is 0.917 bits per heavy atom. The van der Waals surface area contributed by atoms with Crippen LogP contribution in [0.25, 0.3) is 0 Å². The number of nitrogens with one attached hydrogen (secondary N) is 2. The third-order valence-electron chi connectivity index (χ3n) is 0.911. The van der Waals surface area contributed by atoms with Crippen LogP contribution in [0.15, 0.2) is 0 Å². The molecule has 0 spiro atoms. The van der Waals surface area contributed by atoms with Gasteiger partial charge in [-0.05, 0) is 41.2 Å². The van der Waals surface area contributed by atoms with Crippen molar-refractivity contribution in [1.82, 2.24) is 10.6 Å². The lowest BCUT2D eigenvalue weighted by molar-refractivity contribution is 0.834. The van der Waals surface area contributed by atoms with Crippen LogP contribution in [-0.2, 0) is 0 Å². The molecule has 0 bridgehead atoms. The zero-order valence-corrected chi connectivity index (χ0v) is 10.8. The minimum Gasteiger partial charge on any atom is -0.369 e. The Kier molecular flexibility index (Phi) is 6.20. The van der Waals surface area contributed by atoms with E-state index < -0.39 is 0 Å². The largest absolute Gasteiger partial charge is 0.369 e. The van der Waals surface area contributed by atoms with Crippen molar-refractivity contribution in [1.29, 1.82) is 0 Å². The highest BCUT2D eigenvalue weighted by atomic mass is 33.7. The monoisotopic (exact) mass is 274 g/mol. The summed E-state index contributed by atoms with van der Waals surface area (Å²) in [7, 11) is 6.39. The molecule has 0 aromatic heterocycles. The van der Waals surface area contributed by atoms with Crippen LogP contribution in [0.5, 0.6) is 0 Å². The van der Waals surface area contributed by atoms with Crippen molar-refractivity contribution in [2.75, 3.05) is 13.1 Å². The summed E-state index contributed by atoms with van der Waals surface area (Å²) in [6, 6.07) is 0. The summed E-state index contributed by atoms with van der Waals surface area (Å²) >= 11 is 10.1. The van der Waals surface area contributed by atoms with Gasteiger partial charge in [-0.25, -0.2) is 0 Å². The Labute approximate surface area is 97.3 Å². The van der Waals surface area contributed by atoms with Gasteiger partial charge >= 0.3 is 0 Å². The van der Waals surface area contributed by atoms with Crippen LogP contribution < -0.4 is 10.6 Å². The number of hydrogen-bond acceptors (Lipinski definition) is 6. The first-order chi connectivity index (χ1) is 5.79. The van der Waals surface area contributed by atoms with Crippen molar-refractivity contribution < 1.29 is 0 Å². The van der Waals surface area contributed by atoms with Gasteiger partial charge in [0, 0.05) is 13.1 Å². The van der Waals surface area contributed by atoms with E-state index in [0.29, 0.717) is 0 Å². The third kappa shape index (κ3) is 5.03. The van der Waals surface area contributed by atoms with Crippen LogP contribution in [0.1, 0.15) is 0 Å². The Balaban J connectivity index is 2.29. The lowest BCUT2D eigenvalue weighted by atomic mass is 10.6. The maximum atomic E-state index is 5.03. The Bertz CT molecular complexity index is 146. The van der Waals surface area contributed by atoms with E-state index in [2.05, 4.69) is 10.6 Å². The van der Waals surface area contributed by atoms with Gasteiger partial charge < -0.3 is 10.6 Å². The van der Waals surface area contributed by atoms with E-state index in [9.17, 15) is 0 Å². The molecule has 0 atom stereocenters. The van der Waals surface area contributed by atoms with Crippen LogP contribution in [0.2, 0.25) is 0 Å². The Morgan fingerprint density at radius 3 is 1.75 bits per heavy atom. The number of thiocarbonyl (C=S) groups is 2. The molecule has 1 heterocycles. The molecule has 0 saturated carbocycles. The highest BCUT2D eigenvalue weighted by molar-refractivity contribution is 9.29. The van der Waals surface area contributed by atoms with Crippen molar-refractivity contribution in [3.63, 3.8) is 0 Å². The van der Waals surface area contributed by atoms with Crippen molar-refractivity contribution in [3.8, 4) is 0 Å². The standard InChI is InChI=1S/C4H6N2S6/c7-3-5-1-2-6-4(8)10-12-11-9-3/h1-2H2,(H,5,7)(H,6,8). The summed E-state index contributed by atoms with van der Waals surface area (Å²) in [6.45, 7) is 1.66. The fraction of sp³-hybridized carbons (Fsp3) is 0.500. The van der Waals surface area contributed by atoms with E-state index >= 15 is 0 Å². The molecule has 1 aliphatic heterocycles. The highest BCUT2D eigenvalue weighted by Crippen LogP contribution is 2.43. The summed E-state index contributed by atoms with van der Waals surface area (Å²) in [5.41, 5.74) is 0. The second-order valence-corrected chi connectivity index (χ2v) is 8.75. The summed E-state index contributed by atoms with van der Waals surface area (Å²) in [4.78, 5) is 0. The van der Waals surface area contributed by atoms with Crippen molar-refractivity contribution in [3.05, 3.63) is 0 Å². The minimum atomic E-state index is 0.831. The maximum absolute atomic E-state index is 5.03. The van der Waals surface area contributed by atoms with Gasteiger partial charge in [0.25, 0.3) is 0 Å². The quantitative estimate of drug-likeness (QED) is 0.513. The van der Waals surface area contributed by atoms with E-state index in [0.717, 1.165) is 21.7 Å². The Hall–Kier alpha value is 1.18. The third-order valence-corrected chi connectivity index (χ3v) is 7.92. The van der Waals surface area contributed by atoms with Crippen LogP contribution >= 0.6 is 65.7 Å². The second kappa shape index (κ2) is 6.61. The lowest BCUT2D eigenvalue weighted by Crippen LogP contribution is -2.31. The molecule has 8 heteroatoms. The average molecular weight is 275 g/mol. The molecule has 0 unspecified atom stereocenters. The molecule has 1 rings (SSSR count). The first-order valence-corrected chi connectivity index (χ1v) is 8.66. The maximum Gasteiger partial charge on any atom is 0.145 e. The predicted molar refractivity (Wildman–Crippen MR) is 71.6 cm³/mol. The average Bonchev–Trinajstić information content (AvgIpc) is 2.06. The topological polar surface area (TPSA) is 24.1 Å². The van der Waals surface area contributed by atoms with Crippen LogP contribution in [0, 0.1) is 0 Å². The van der Waals surface area contributed by atoms with Gasteiger partial charge in [-0.2, -0.15) is 0 Å². The molecular formula is C4H6N2S6. The zero-order chi connectivity index (χ0) is 8.81. The molecule has 12 heavy (non-hydrogen) atoms. The van der Waals surface area contributed by atoms with Gasteiger partial charge in [-0.1, -0.05) is 24.4 Å². The van der Waals surface area contributed by atoms with Gasteiger partial charge in [0.1, 0.15) is 8.64 Å². The molecule has 68 valence electrons. The predicted octanol–water partition coefficient (Wildman–Crippen LogP) is 2.43. The molecule has 1 fully saturated rings. The van der Waals surface area contributed by atoms with Gasteiger partial charge in [0.05, 0.1) is 0 Å². The van der Waals surface area contributed by atoms with Crippen molar-refractivity contribution in [2.45, 2.75) is 0 Å². The van der Waals surface area contributed by atoms with Crippen LogP contribution in [-0.4, -0.2) is 21.7 Å². The SMILES string of the molecule is S=C1NCCNC(=S)SSSS1. The first-order valence-electron chi connectivity index (χ1n) is 3.02. The number of rotatable bonds is 0. The van der Waals surface area contributed by atoms with Gasteiger partial charge in [0.2, 0.25) is 0 Å². The lowest BCUT2D eigenvalue weighted by Gasteiger charge is -2.11. The Morgan fingerprint density at radius 2 is 1.33 bits per heavy atom. The fourth-order valence-electron chi connectivity index (χ4n) is 0.478. The zero-order valence-electron chi connectivity index (χ0n) is 5.86. The van der Waals surface area contributed by atoms with E-state index in [1.807, 2.05) is 0 Å². The van der Waals surface area contributed by atoms with Crippen molar-refractivity contribution in [2.24, 2.45) is 0 Å². The molecule has 0 aromatic rings. The molecule has 0 aliphatic carbocycles. The summed E-state index contributed by atoms with van der Waals surface area (Å²) in [6.07, 6.45) is 0. The molecule has 2 nitrogen and oxygen atoms in total. The molecule has 1 saturated heterocycles. The molecule has 0 radical (unpaired) electrons. The van der Waals surface area contributed by atoms with Crippen LogP contribution in [0.4, 0.5) is 0 Å². The molecule has 2 N–H and O–H groups in total. The summed E-state index contributed by atoms with van der Waals surface area (Å²) < 4.78 is 1.67. The van der Waals surface area contributed by atoms with Crippen molar-refractivity contribution >= 4 is 74.3 Å². The molecule has 1 aliphatic rings. The van der Waals surface area contributed by atoms with Gasteiger partial charge in [-0.3, -0.25) is 0 Å². The summed E-state index contributed by atoms with van der Waals surface area (Å²) in [5, 5.41) is 6.20. The minimum absolute atomic E-state index is 0.831. The van der Waals surface area contributed by atoms with E-state index in [-0.39, 0.29) is 0 Å². The number of hydrogen-bond donors (Lipinski definition) is 2. The molecular weight excluding hydrogens is 268 g/mol. The highest BCUT2D eigenvalue weighted by Gasteiger charge is 2.04. The van der Waals surface area contributed by atoms with Crippen LogP contribution in [0.3, 0.4) is 0 Å². The molecule has 0 aromatic carbocycles. The fourth-order valence-corrected chi connectivity index (χ4v) is 6.69. The van der Waals surface area contributed by atoms with Gasteiger partial charge in [-0.15, -0.1) is 0 Å². The smallest absolute Gasteiger partial charge is 0.145 e.